The van der Waals surface area contributed by atoms with Crippen molar-refractivity contribution in [3.63, 3.8) is 0 Å². The van der Waals surface area contributed by atoms with Crippen molar-refractivity contribution in [1.29, 1.82) is 0 Å². The predicted molar refractivity (Wildman–Crippen MR) is 29.8 cm³/mol. The van der Waals surface area contributed by atoms with E-state index >= 15 is 0 Å². The summed E-state index contributed by atoms with van der Waals surface area (Å²) < 4.78 is 1.75. The Kier molecular flexibility index (Phi) is 1.12. The summed E-state index contributed by atoms with van der Waals surface area (Å²) in [5.74, 6) is 0.535. The lowest BCUT2D eigenvalue weighted by Gasteiger charge is -1.87. The highest BCUT2D eigenvalue weighted by molar-refractivity contribution is 5.02. The first-order valence-electron chi connectivity index (χ1n) is 2.37. The topological polar surface area (TPSA) is 42.8 Å². The minimum absolute atomic E-state index is 0.535. The molecule has 0 unspecified atom stereocenters. The molecule has 0 aliphatic carbocycles. The maximum atomic E-state index is 5.37. The summed E-state index contributed by atoms with van der Waals surface area (Å²) in [6.45, 7) is 0. The van der Waals surface area contributed by atoms with Gasteiger partial charge in [0.1, 0.15) is 6.20 Å². The first-order valence-corrected chi connectivity index (χ1v) is 2.37. The van der Waals surface area contributed by atoms with Gasteiger partial charge < -0.3 is 0 Å². The largest absolute Gasteiger partial charge is 0.388 e. The summed E-state index contributed by atoms with van der Waals surface area (Å²) in [6.07, 6.45) is 3.51. The minimum atomic E-state index is 0.535. The third-order valence-corrected chi connectivity index (χ3v) is 0.964. The molecule has 1 rings (SSSR count). The molecule has 1 aromatic heterocycles. The quantitative estimate of drug-likeness (QED) is 0.457. The van der Waals surface area contributed by atoms with E-state index in [0.717, 1.165) is 0 Å². The number of rotatable bonds is 0. The second-order valence-corrected chi connectivity index (χ2v) is 1.59. The lowest BCUT2D eigenvalue weighted by atomic mass is 10.6. The molecule has 2 N–H and O–H groups in total. The van der Waals surface area contributed by atoms with Gasteiger partial charge in [0.2, 0.25) is 0 Å². The van der Waals surface area contributed by atoms with Crippen molar-refractivity contribution in [3.05, 3.63) is 18.5 Å². The number of anilines is 1. The van der Waals surface area contributed by atoms with E-state index in [4.69, 9.17) is 5.73 Å². The van der Waals surface area contributed by atoms with Gasteiger partial charge in [0, 0.05) is 6.07 Å². The van der Waals surface area contributed by atoms with Gasteiger partial charge in [0.15, 0.2) is 0 Å². The van der Waals surface area contributed by atoms with E-state index in [1.54, 1.807) is 10.8 Å². The molecule has 0 amide bonds. The van der Waals surface area contributed by atoms with Crippen LogP contribution in [-0.2, 0) is 7.05 Å². The standard InChI is InChI=1S/C5H7N3/c1-8-4-2-3-7-5(8)6/h2-4,6H,1H3/p+1. The van der Waals surface area contributed by atoms with E-state index in [-0.39, 0.29) is 0 Å². The van der Waals surface area contributed by atoms with Crippen molar-refractivity contribution >= 4 is 5.95 Å². The van der Waals surface area contributed by atoms with Crippen LogP contribution in [0.5, 0.6) is 0 Å². The van der Waals surface area contributed by atoms with Crippen LogP contribution in [0.15, 0.2) is 18.5 Å². The third kappa shape index (κ3) is 0.753. The number of aromatic nitrogens is 2. The maximum absolute atomic E-state index is 5.37. The highest BCUT2D eigenvalue weighted by Crippen LogP contribution is 1.78. The van der Waals surface area contributed by atoms with Gasteiger partial charge in [-0.1, -0.05) is 4.98 Å². The van der Waals surface area contributed by atoms with Crippen LogP contribution in [0.1, 0.15) is 0 Å². The van der Waals surface area contributed by atoms with Crippen molar-refractivity contribution in [3.8, 4) is 0 Å². The zero-order chi connectivity index (χ0) is 5.98. The van der Waals surface area contributed by atoms with Crippen LogP contribution in [0.4, 0.5) is 5.95 Å². The van der Waals surface area contributed by atoms with Gasteiger partial charge in [0.25, 0.3) is 0 Å². The van der Waals surface area contributed by atoms with Gasteiger partial charge in [-0.25, -0.2) is 4.57 Å². The summed E-state index contributed by atoms with van der Waals surface area (Å²) in [7, 11) is 1.85. The molecule has 0 saturated carbocycles. The molecule has 0 aliphatic rings. The van der Waals surface area contributed by atoms with Crippen LogP contribution in [0.2, 0.25) is 0 Å². The van der Waals surface area contributed by atoms with Crippen molar-refractivity contribution < 1.29 is 4.57 Å². The van der Waals surface area contributed by atoms with Crippen LogP contribution < -0.4 is 10.3 Å². The fourth-order valence-corrected chi connectivity index (χ4v) is 0.454. The summed E-state index contributed by atoms with van der Waals surface area (Å²) in [6, 6.07) is 1.83. The average molecular weight is 110 g/mol. The SMILES string of the molecule is C[n+]1cccnc1N. The molecule has 8 heavy (non-hydrogen) atoms. The molecule has 1 aromatic rings. The second-order valence-electron chi connectivity index (χ2n) is 1.59. The lowest BCUT2D eigenvalue weighted by Crippen LogP contribution is -2.32. The van der Waals surface area contributed by atoms with E-state index in [0.29, 0.717) is 5.95 Å². The highest BCUT2D eigenvalue weighted by atomic mass is 15.1. The molecule has 42 valence electrons. The van der Waals surface area contributed by atoms with Crippen LogP contribution in [-0.4, -0.2) is 4.98 Å². The van der Waals surface area contributed by atoms with Gasteiger partial charge >= 0.3 is 5.95 Å². The van der Waals surface area contributed by atoms with Crippen LogP contribution in [0.3, 0.4) is 0 Å². The zero-order valence-corrected chi connectivity index (χ0v) is 4.70. The third-order valence-electron chi connectivity index (χ3n) is 0.964. The number of nitrogens with zero attached hydrogens (tertiary/aromatic N) is 2. The minimum Gasteiger partial charge on any atom is -0.287 e. The van der Waals surface area contributed by atoms with E-state index in [9.17, 15) is 0 Å². The number of nitrogens with two attached hydrogens (primary N) is 1. The molecule has 0 atom stereocenters. The first-order chi connectivity index (χ1) is 3.80. The van der Waals surface area contributed by atoms with E-state index < -0.39 is 0 Å². The van der Waals surface area contributed by atoms with Crippen LogP contribution in [0, 0.1) is 0 Å². The molecule has 3 nitrogen and oxygen atoms in total. The van der Waals surface area contributed by atoms with Crippen molar-refractivity contribution in [2.75, 3.05) is 5.73 Å². The van der Waals surface area contributed by atoms with E-state index in [2.05, 4.69) is 4.98 Å². The van der Waals surface area contributed by atoms with Crippen molar-refractivity contribution in [2.45, 2.75) is 0 Å². The van der Waals surface area contributed by atoms with Crippen molar-refractivity contribution in [2.24, 2.45) is 7.05 Å². The number of hydrogen-bond acceptors (Lipinski definition) is 2. The Bertz CT molecular complexity index is 164. The molecular weight excluding hydrogens is 102 g/mol. The molecule has 0 aliphatic heterocycles. The normalized spacial score (nSPS) is 9.12. The average Bonchev–Trinajstić information content (AvgIpc) is 1.77. The summed E-state index contributed by atoms with van der Waals surface area (Å²) in [5.41, 5.74) is 5.37. The van der Waals surface area contributed by atoms with Gasteiger partial charge in [-0.05, 0) is 0 Å². The molecule has 1 heterocycles. The van der Waals surface area contributed by atoms with E-state index in [1.165, 1.54) is 0 Å². The fraction of sp³-hybridized carbons (Fsp3) is 0.200. The second kappa shape index (κ2) is 1.78. The molecular formula is C5H8N3+. The van der Waals surface area contributed by atoms with E-state index in [1.807, 2.05) is 19.3 Å². The fourth-order valence-electron chi connectivity index (χ4n) is 0.454. The Balaban J connectivity index is 3.13. The number of aryl methyl sites for hydroxylation is 1. The molecule has 0 aromatic carbocycles. The molecule has 0 bridgehead atoms. The number of nitrogen functional groups attached to an aromatic ring is 1. The molecule has 3 heteroatoms. The monoisotopic (exact) mass is 110 g/mol. The Labute approximate surface area is 47.8 Å². The Morgan fingerprint density at radius 3 is 2.88 bits per heavy atom. The van der Waals surface area contributed by atoms with Gasteiger partial charge in [-0.3, -0.25) is 5.73 Å². The Hall–Kier alpha value is -1.12. The zero-order valence-electron chi connectivity index (χ0n) is 4.70. The maximum Gasteiger partial charge on any atom is 0.388 e. The van der Waals surface area contributed by atoms with Gasteiger partial charge in [0.05, 0.1) is 13.2 Å². The van der Waals surface area contributed by atoms with Crippen LogP contribution in [0.25, 0.3) is 0 Å². The summed E-state index contributed by atoms with van der Waals surface area (Å²) in [5, 5.41) is 0. The lowest BCUT2D eigenvalue weighted by molar-refractivity contribution is -0.659. The summed E-state index contributed by atoms with van der Waals surface area (Å²) >= 11 is 0. The molecule has 0 spiro atoms. The molecule has 0 fully saturated rings. The smallest absolute Gasteiger partial charge is 0.287 e. The Morgan fingerprint density at radius 1 is 1.75 bits per heavy atom. The number of hydrogen-bond donors (Lipinski definition) is 1. The van der Waals surface area contributed by atoms with Crippen LogP contribution >= 0.6 is 0 Å². The van der Waals surface area contributed by atoms with Crippen molar-refractivity contribution in [1.82, 2.24) is 4.98 Å². The van der Waals surface area contributed by atoms with Gasteiger partial charge in [-0.15, -0.1) is 0 Å². The highest BCUT2D eigenvalue weighted by Gasteiger charge is 1.94. The summed E-state index contributed by atoms with van der Waals surface area (Å²) in [4.78, 5) is 3.82. The predicted octanol–water partition coefficient (Wildman–Crippen LogP) is -0.512. The molecule has 0 radical (unpaired) electrons. The first kappa shape index (κ1) is 5.03. The van der Waals surface area contributed by atoms with Gasteiger partial charge in [-0.2, -0.15) is 0 Å². The Morgan fingerprint density at radius 2 is 2.50 bits per heavy atom. The molecule has 0 saturated heterocycles.